The third-order valence-corrected chi connectivity index (χ3v) is 3.14. The molecule has 2 aromatic carbocycles. The van der Waals surface area contributed by atoms with E-state index in [1.54, 1.807) is 0 Å². The lowest BCUT2D eigenvalue weighted by Gasteiger charge is -2.11. The fourth-order valence-corrected chi connectivity index (χ4v) is 2.24. The average molecular weight is 251 g/mol. The first-order chi connectivity index (χ1) is 9.31. The monoisotopic (exact) mass is 251 g/mol. The molecule has 0 spiro atoms. The number of hydrogen-bond acceptors (Lipinski definition) is 2. The molecule has 0 aliphatic rings. The van der Waals surface area contributed by atoms with Gasteiger partial charge in [-0.3, -0.25) is 4.79 Å². The normalized spacial score (nSPS) is 10.6. The van der Waals surface area contributed by atoms with Gasteiger partial charge in [-0.05, 0) is 17.7 Å². The van der Waals surface area contributed by atoms with E-state index >= 15 is 0 Å². The summed E-state index contributed by atoms with van der Waals surface area (Å²) in [5, 5.41) is 0.975. The van der Waals surface area contributed by atoms with Gasteiger partial charge in [-0.1, -0.05) is 48.5 Å². The maximum Gasteiger partial charge on any atom is 0.291 e. The van der Waals surface area contributed by atoms with Gasteiger partial charge < -0.3 is 4.84 Å². The molecule has 0 amide bonds. The largest absolute Gasteiger partial charge is 0.413 e. The molecule has 19 heavy (non-hydrogen) atoms. The molecule has 3 rings (SSSR count). The Kier molecular flexibility index (Phi) is 2.80. The number of pyridine rings is 1. The van der Waals surface area contributed by atoms with E-state index in [2.05, 4.69) is 0 Å². The van der Waals surface area contributed by atoms with Crippen molar-refractivity contribution < 1.29 is 4.84 Å². The lowest BCUT2D eigenvalue weighted by Crippen LogP contribution is -2.26. The van der Waals surface area contributed by atoms with Gasteiger partial charge in [0.2, 0.25) is 0 Å². The Balaban J connectivity index is 2.39. The highest BCUT2D eigenvalue weighted by Gasteiger charge is 2.10. The van der Waals surface area contributed by atoms with Crippen molar-refractivity contribution in [3.63, 3.8) is 0 Å². The number of fused-ring (bicyclic) bond motifs is 1. The van der Waals surface area contributed by atoms with Crippen molar-refractivity contribution in [2.75, 3.05) is 7.11 Å². The first-order valence-corrected chi connectivity index (χ1v) is 6.06. The second kappa shape index (κ2) is 4.61. The van der Waals surface area contributed by atoms with Crippen LogP contribution in [-0.2, 0) is 0 Å². The van der Waals surface area contributed by atoms with E-state index in [9.17, 15) is 4.79 Å². The predicted molar refractivity (Wildman–Crippen MR) is 76.1 cm³/mol. The zero-order chi connectivity index (χ0) is 13.2. The minimum absolute atomic E-state index is 0.146. The number of benzene rings is 2. The summed E-state index contributed by atoms with van der Waals surface area (Å²) in [7, 11) is 1.50. The van der Waals surface area contributed by atoms with E-state index in [1.807, 2.05) is 60.7 Å². The van der Waals surface area contributed by atoms with Crippen LogP contribution in [0.15, 0.2) is 65.5 Å². The Morgan fingerprint density at radius 3 is 2.37 bits per heavy atom. The van der Waals surface area contributed by atoms with Crippen molar-refractivity contribution in [2.24, 2.45) is 0 Å². The van der Waals surface area contributed by atoms with Gasteiger partial charge in [-0.2, -0.15) is 0 Å². The van der Waals surface area contributed by atoms with E-state index in [1.165, 1.54) is 11.8 Å². The summed E-state index contributed by atoms with van der Waals surface area (Å²) < 4.78 is 1.33. The van der Waals surface area contributed by atoms with Crippen LogP contribution in [0.4, 0.5) is 0 Å². The van der Waals surface area contributed by atoms with E-state index < -0.39 is 0 Å². The molecule has 0 unspecified atom stereocenters. The molecule has 1 aromatic heterocycles. The first-order valence-electron chi connectivity index (χ1n) is 6.06. The first kappa shape index (κ1) is 11.5. The van der Waals surface area contributed by atoms with Crippen LogP contribution < -0.4 is 10.4 Å². The zero-order valence-electron chi connectivity index (χ0n) is 10.5. The molecule has 3 aromatic rings. The zero-order valence-corrected chi connectivity index (χ0v) is 10.5. The van der Waals surface area contributed by atoms with Crippen LogP contribution in [0, 0.1) is 0 Å². The van der Waals surface area contributed by atoms with Crippen molar-refractivity contribution in [2.45, 2.75) is 0 Å². The van der Waals surface area contributed by atoms with Gasteiger partial charge in [0.05, 0.1) is 11.1 Å². The van der Waals surface area contributed by atoms with Crippen LogP contribution in [0.2, 0.25) is 0 Å². The molecular formula is C16H13NO2. The Labute approximate surface area is 110 Å². The van der Waals surface area contributed by atoms with Crippen LogP contribution in [0.3, 0.4) is 0 Å². The summed E-state index contributed by atoms with van der Waals surface area (Å²) in [6.07, 6.45) is 0. The van der Waals surface area contributed by atoms with Gasteiger partial charge in [0, 0.05) is 5.39 Å². The molecular weight excluding hydrogens is 238 g/mol. The third-order valence-electron chi connectivity index (χ3n) is 3.14. The minimum atomic E-state index is -0.146. The fraction of sp³-hybridized carbons (Fsp3) is 0.0625. The molecule has 0 fully saturated rings. The second-order valence-electron chi connectivity index (χ2n) is 4.26. The van der Waals surface area contributed by atoms with E-state index in [4.69, 9.17) is 4.84 Å². The summed E-state index contributed by atoms with van der Waals surface area (Å²) in [5.74, 6) is 0. The number of hydrogen-bond donors (Lipinski definition) is 0. The van der Waals surface area contributed by atoms with Gasteiger partial charge in [0.1, 0.15) is 7.11 Å². The van der Waals surface area contributed by atoms with E-state index in [0.29, 0.717) is 5.56 Å². The molecule has 3 heteroatoms. The summed E-state index contributed by atoms with van der Waals surface area (Å²) in [6.45, 7) is 0. The van der Waals surface area contributed by atoms with Crippen LogP contribution >= 0.6 is 0 Å². The smallest absolute Gasteiger partial charge is 0.291 e. The number of para-hydroxylation sites is 1. The lowest BCUT2D eigenvalue weighted by molar-refractivity contribution is 0.170. The second-order valence-corrected chi connectivity index (χ2v) is 4.26. The molecule has 0 aliphatic carbocycles. The fourth-order valence-electron chi connectivity index (χ4n) is 2.24. The van der Waals surface area contributed by atoms with E-state index in [0.717, 1.165) is 16.5 Å². The SMILES string of the molecule is COn1c(=O)c(-c2ccccc2)cc2ccccc21. The summed E-state index contributed by atoms with van der Waals surface area (Å²) >= 11 is 0. The van der Waals surface area contributed by atoms with Crippen LogP contribution in [0.5, 0.6) is 0 Å². The maximum atomic E-state index is 12.5. The van der Waals surface area contributed by atoms with Gasteiger partial charge in [0.15, 0.2) is 0 Å². The minimum Gasteiger partial charge on any atom is -0.413 e. The van der Waals surface area contributed by atoms with Crippen LogP contribution in [0.25, 0.3) is 22.0 Å². The summed E-state index contributed by atoms with van der Waals surface area (Å²) in [5.41, 5.74) is 2.16. The van der Waals surface area contributed by atoms with Gasteiger partial charge in [-0.25, -0.2) is 0 Å². The molecule has 94 valence electrons. The molecule has 0 saturated heterocycles. The van der Waals surface area contributed by atoms with Crippen molar-refractivity contribution >= 4 is 10.9 Å². The molecule has 0 saturated carbocycles. The highest BCUT2D eigenvalue weighted by atomic mass is 16.6. The summed E-state index contributed by atoms with van der Waals surface area (Å²) in [4.78, 5) is 17.7. The molecule has 0 aliphatic heterocycles. The average Bonchev–Trinajstić information content (AvgIpc) is 2.47. The van der Waals surface area contributed by atoms with Crippen molar-refractivity contribution in [1.82, 2.24) is 4.73 Å². The number of rotatable bonds is 2. The van der Waals surface area contributed by atoms with Crippen molar-refractivity contribution in [3.05, 3.63) is 71.0 Å². The van der Waals surface area contributed by atoms with Crippen LogP contribution in [-0.4, -0.2) is 11.8 Å². The highest BCUT2D eigenvalue weighted by Crippen LogP contribution is 2.20. The molecule has 1 heterocycles. The quantitative estimate of drug-likeness (QED) is 0.701. The summed E-state index contributed by atoms with van der Waals surface area (Å²) in [6, 6.07) is 19.2. The molecule has 0 radical (unpaired) electrons. The van der Waals surface area contributed by atoms with Gasteiger partial charge in [0.25, 0.3) is 5.56 Å². The van der Waals surface area contributed by atoms with Gasteiger partial charge >= 0.3 is 0 Å². The Hall–Kier alpha value is -2.55. The maximum absolute atomic E-state index is 12.5. The Bertz CT molecular complexity index is 776. The molecule has 3 nitrogen and oxygen atoms in total. The van der Waals surface area contributed by atoms with Crippen LogP contribution in [0.1, 0.15) is 0 Å². The third kappa shape index (κ3) is 1.89. The lowest BCUT2D eigenvalue weighted by atomic mass is 10.1. The number of aromatic nitrogens is 1. The van der Waals surface area contributed by atoms with E-state index in [-0.39, 0.29) is 5.56 Å². The molecule has 0 atom stereocenters. The Morgan fingerprint density at radius 1 is 0.947 bits per heavy atom. The van der Waals surface area contributed by atoms with Crippen molar-refractivity contribution in [1.29, 1.82) is 0 Å². The number of nitrogens with zero attached hydrogens (tertiary/aromatic N) is 1. The highest BCUT2D eigenvalue weighted by molar-refractivity contribution is 5.83. The Morgan fingerprint density at radius 2 is 1.63 bits per heavy atom. The van der Waals surface area contributed by atoms with Gasteiger partial charge in [-0.15, -0.1) is 4.73 Å². The standard InChI is InChI=1S/C16H13NO2/c1-19-17-15-10-6-5-9-13(15)11-14(16(17)18)12-7-3-2-4-8-12/h2-11H,1H3. The predicted octanol–water partition coefficient (Wildman–Crippen LogP) is 2.73. The molecule has 0 bridgehead atoms. The molecule has 0 N–H and O–H groups in total. The van der Waals surface area contributed by atoms with Crippen molar-refractivity contribution in [3.8, 4) is 11.1 Å². The topological polar surface area (TPSA) is 31.2 Å².